The first-order chi connectivity index (χ1) is 6.78. The van der Waals surface area contributed by atoms with E-state index in [1.165, 1.54) is 5.56 Å². The third kappa shape index (κ3) is 1.45. The summed E-state index contributed by atoms with van der Waals surface area (Å²) in [5.41, 5.74) is 1.91. The van der Waals surface area contributed by atoms with Gasteiger partial charge in [-0.1, -0.05) is 24.3 Å². The SMILES string of the molecule is Cc1ccccc1C1(OO)CCCC1. The Hall–Kier alpha value is -0.860. The molecule has 1 aliphatic carbocycles. The maximum Gasteiger partial charge on any atom is 0.128 e. The highest BCUT2D eigenvalue weighted by Gasteiger charge is 2.38. The van der Waals surface area contributed by atoms with Gasteiger partial charge in [0.2, 0.25) is 0 Å². The average Bonchev–Trinajstić information content (AvgIpc) is 2.68. The molecule has 0 heterocycles. The summed E-state index contributed by atoms with van der Waals surface area (Å²) < 4.78 is 0. The third-order valence-corrected chi connectivity index (χ3v) is 3.22. The maximum absolute atomic E-state index is 9.09. The molecule has 14 heavy (non-hydrogen) atoms. The number of hydrogen-bond acceptors (Lipinski definition) is 2. The molecule has 0 unspecified atom stereocenters. The smallest absolute Gasteiger partial charge is 0.128 e. The lowest BCUT2D eigenvalue weighted by Gasteiger charge is -2.27. The molecule has 0 saturated heterocycles. The molecule has 1 N–H and O–H groups in total. The van der Waals surface area contributed by atoms with E-state index in [2.05, 4.69) is 19.1 Å². The van der Waals surface area contributed by atoms with Crippen LogP contribution in [0.1, 0.15) is 36.8 Å². The molecule has 0 radical (unpaired) electrons. The van der Waals surface area contributed by atoms with Gasteiger partial charge in [0.15, 0.2) is 0 Å². The summed E-state index contributed by atoms with van der Waals surface area (Å²) in [6.07, 6.45) is 4.12. The van der Waals surface area contributed by atoms with Gasteiger partial charge in [-0.2, -0.15) is 0 Å². The van der Waals surface area contributed by atoms with E-state index in [-0.39, 0.29) is 0 Å². The Balaban J connectivity index is 2.41. The maximum atomic E-state index is 9.09. The van der Waals surface area contributed by atoms with Crippen LogP contribution < -0.4 is 0 Å². The van der Waals surface area contributed by atoms with Gasteiger partial charge in [-0.25, -0.2) is 4.89 Å². The van der Waals surface area contributed by atoms with E-state index in [1.54, 1.807) is 0 Å². The van der Waals surface area contributed by atoms with Crippen molar-refractivity contribution in [3.63, 3.8) is 0 Å². The summed E-state index contributed by atoms with van der Waals surface area (Å²) in [6, 6.07) is 8.13. The van der Waals surface area contributed by atoms with E-state index in [1.807, 2.05) is 12.1 Å². The molecule has 2 rings (SSSR count). The summed E-state index contributed by atoms with van der Waals surface area (Å²) in [6.45, 7) is 2.06. The molecular weight excluding hydrogens is 176 g/mol. The molecule has 1 fully saturated rings. The van der Waals surface area contributed by atoms with Crippen LogP contribution in [0.15, 0.2) is 24.3 Å². The van der Waals surface area contributed by atoms with Crippen molar-refractivity contribution >= 4 is 0 Å². The van der Waals surface area contributed by atoms with E-state index in [0.29, 0.717) is 0 Å². The highest BCUT2D eigenvalue weighted by atomic mass is 17.1. The van der Waals surface area contributed by atoms with E-state index < -0.39 is 5.60 Å². The van der Waals surface area contributed by atoms with Crippen molar-refractivity contribution in [3.8, 4) is 0 Å². The highest BCUT2D eigenvalue weighted by molar-refractivity contribution is 5.32. The fourth-order valence-electron chi connectivity index (χ4n) is 2.44. The van der Waals surface area contributed by atoms with Gasteiger partial charge >= 0.3 is 0 Å². The second-order valence-electron chi connectivity index (χ2n) is 4.11. The fourth-order valence-corrected chi connectivity index (χ4v) is 2.44. The molecule has 0 aromatic heterocycles. The lowest BCUT2D eigenvalue weighted by Crippen LogP contribution is -2.25. The lowest BCUT2D eigenvalue weighted by molar-refractivity contribution is -0.327. The fraction of sp³-hybridized carbons (Fsp3) is 0.500. The summed E-state index contributed by atoms with van der Waals surface area (Å²) >= 11 is 0. The zero-order valence-electron chi connectivity index (χ0n) is 8.49. The van der Waals surface area contributed by atoms with Gasteiger partial charge in [0.05, 0.1) is 0 Å². The molecule has 76 valence electrons. The molecule has 1 aliphatic rings. The topological polar surface area (TPSA) is 29.5 Å². The first-order valence-corrected chi connectivity index (χ1v) is 5.17. The Labute approximate surface area is 84.5 Å². The minimum atomic E-state index is -0.425. The molecule has 2 nitrogen and oxygen atoms in total. The van der Waals surface area contributed by atoms with Crippen molar-refractivity contribution in [2.24, 2.45) is 0 Å². The zero-order chi connectivity index (χ0) is 10.0. The molecule has 0 spiro atoms. The second-order valence-corrected chi connectivity index (χ2v) is 4.11. The van der Waals surface area contributed by atoms with Gasteiger partial charge in [-0.05, 0) is 43.7 Å². The van der Waals surface area contributed by atoms with Crippen molar-refractivity contribution in [3.05, 3.63) is 35.4 Å². The molecule has 1 saturated carbocycles. The molecule has 1 aromatic carbocycles. The zero-order valence-corrected chi connectivity index (χ0v) is 8.49. The summed E-state index contributed by atoms with van der Waals surface area (Å²) in [5, 5.41) is 9.09. The van der Waals surface area contributed by atoms with Crippen molar-refractivity contribution in [2.75, 3.05) is 0 Å². The Morgan fingerprint density at radius 2 is 1.86 bits per heavy atom. The number of aryl methyl sites for hydroxylation is 1. The van der Waals surface area contributed by atoms with E-state index in [0.717, 1.165) is 31.2 Å². The van der Waals surface area contributed by atoms with Gasteiger partial charge in [0, 0.05) is 0 Å². The second kappa shape index (κ2) is 3.71. The minimum absolute atomic E-state index is 0.425. The van der Waals surface area contributed by atoms with Crippen LogP contribution in [-0.2, 0) is 10.5 Å². The van der Waals surface area contributed by atoms with Crippen LogP contribution in [0.2, 0.25) is 0 Å². The Bertz CT molecular complexity index is 314. The van der Waals surface area contributed by atoms with Crippen LogP contribution in [0, 0.1) is 6.92 Å². The average molecular weight is 192 g/mol. The Kier molecular flexibility index (Phi) is 2.57. The van der Waals surface area contributed by atoms with Crippen molar-refractivity contribution < 1.29 is 10.1 Å². The van der Waals surface area contributed by atoms with Gasteiger partial charge in [-0.3, -0.25) is 5.26 Å². The Morgan fingerprint density at radius 1 is 1.21 bits per heavy atom. The van der Waals surface area contributed by atoms with Crippen molar-refractivity contribution in [2.45, 2.75) is 38.2 Å². The Morgan fingerprint density at radius 3 is 2.43 bits per heavy atom. The van der Waals surface area contributed by atoms with Gasteiger partial charge in [-0.15, -0.1) is 0 Å². The largest absolute Gasteiger partial charge is 0.251 e. The van der Waals surface area contributed by atoms with Crippen molar-refractivity contribution in [1.82, 2.24) is 0 Å². The number of benzene rings is 1. The van der Waals surface area contributed by atoms with E-state index >= 15 is 0 Å². The summed E-state index contributed by atoms with van der Waals surface area (Å²) in [7, 11) is 0. The molecule has 1 aromatic rings. The van der Waals surface area contributed by atoms with Crippen molar-refractivity contribution in [1.29, 1.82) is 0 Å². The predicted octanol–water partition coefficient (Wildman–Crippen LogP) is 3.25. The quantitative estimate of drug-likeness (QED) is 0.575. The number of rotatable bonds is 2. The monoisotopic (exact) mass is 192 g/mol. The summed E-state index contributed by atoms with van der Waals surface area (Å²) in [5.74, 6) is 0. The first kappa shape index (κ1) is 9.69. The van der Waals surface area contributed by atoms with Crippen LogP contribution in [0.5, 0.6) is 0 Å². The molecule has 0 bridgehead atoms. The normalized spacial score (nSPS) is 19.9. The van der Waals surface area contributed by atoms with Gasteiger partial charge < -0.3 is 0 Å². The standard InChI is InChI=1S/C12H16O2/c1-10-6-2-3-7-11(10)12(14-13)8-4-5-9-12/h2-3,6-7,13H,4-5,8-9H2,1H3. The lowest BCUT2D eigenvalue weighted by atomic mass is 9.89. The predicted molar refractivity (Wildman–Crippen MR) is 55.0 cm³/mol. The van der Waals surface area contributed by atoms with Crippen LogP contribution in [0.3, 0.4) is 0 Å². The van der Waals surface area contributed by atoms with Crippen LogP contribution >= 0.6 is 0 Å². The molecule has 0 aliphatic heterocycles. The van der Waals surface area contributed by atoms with Crippen LogP contribution in [-0.4, -0.2) is 5.26 Å². The molecular formula is C12H16O2. The molecule has 0 atom stereocenters. The first-order valence-electron chi connectivity index (χ1n) is 5.17. The van der Waals surface area contributed by atoms with E-state index in [4.69, 9.17) is 10.1 Å². The minimum Gasteiger partial charge on any atom is -0.251 e. The van der Waals surface area contributed by atoms with Crippen LogP contribution in [0.25, 0.3) is 0 Å². The molecule has 0 amide bonds. The van der Waals surface area contributed by atoms with E-state index in [9.17, 15) is 0 Å². The van der Waals surface area contributed by atoms with Crippen LogP contribution in [0.4, 0.5) is 0 Å². The highest BCUT2D eigenvalue weighted by Crippen LogP contribution is 2.42. The number of hydrogen-bond donors (Lipinski definition) is 1. The molecule has 2 heteroatoms. The van der Waals surface area contributed by atoms with Gasteiger partial charge in [0.25, 0.3) is 0 Å². The third-order valence-electron chi connectivity index (χ3n) is 3.22. The van der Waals surface area contributed by atoms with Gasteiger partial charge in [0.1, 0.15) is 5.60 Å². The summed E-state index contributed by atoms with van der Waals surface area (Å²) in [4.78, 5) is 4.77.